The van der Waals surface area contributed by atoms with Crippen LogP contribution >= 0.6 is 0 Å². The van der Waals surface area contributed by atoms with Crippen molar-refractivity contribution in [2.45, 2.75) is 13.8 Å². The number of hydrogen-bond acceptors (Lipinski definition) is 2. The quantitative estimate of drug-likeness (QED) is 0.771. The summed E-state index contributed by atoms with van der Waals surface area (Å²) in [6.07, 6.45) is 1.12. The lowest BCUT2D eigenvalue weighted by Gasteiger charge is -2.07. The predicted molar refractivity (Wildman–Crippen MR) is 61.0 cm³/mol. The third-order valence-electron chi connectivity index (χ3n) is 1.98. The number of nitrogens with one attached hydrogen (secondary N) is 1. The van der Waals surface area contributed by atoms with Crippen LogP contribution in [0.3, 0.4) is 0 Å². The molecule has 1 rings (SSSR count). The van der Waals surface area contributed by atoms with Crippen molar-refractivity contribution in [1.29, 1.82) is 0 Å². The number of aliphatic carboxylic acids is 1. The molecular weight excluding hydrogens is 209 g/mol. The average Bonchev–Trinajstić information content (AvgIpc) is 2.12. The third-order valence-corrected chi connectivity index (χ3v) is 1.98. The van der Waals surface area contributed by atoms with E-state index in [4.69, 9.17) is 5.11 Å². The van der Waals surface area contributed by atoms with E-state index < -0.39 is 5.97 Å². The number of anilines is 1. The maximum absolute atomic E-state index is 13.0. The van der Waals surface area contributed by atoms with E-state index in [1.807, 2.05) is 0 Å². The second kappa shape index (κ2) is 5.30. The molecule has 4 heteroatoms. The highest BCUT2D eigenvalue weighted by Crippen LogP contribution is 2.13. The molecule has 0 aromatic heterocycles. The van der Waals surface area contributed by atoms with Crippen molar-refractivity contribution in [3.8, 4) is 0 Å². The Morgan fingerprint density at radius 2 is 2.19 bits per heavy atom. The zero-order chi connectivity index (χ0) is 12.1. The van der Waals surface area contributed by atoms with E-state index in [2.05, 4.69) is 5.32 Å². The number of carbonyl (C=O) groups is 1. The summed E-state index contributed by atoms with van der Waals surface area (Å²) in [5, 5.41) is 11.5. The van der Waals surface area contributed by atoms with Crippen molar-refractivity contribution < 1.29 is 14.3 Å². The van der Waals surface area contributed by atoms with Gasteiger partial charge in [0.25, 0.3) is 0 Å². The zero-order valence-corrected chi connectivity index (χ0v) is 9.25. The van der Waals surface area contributed by atoms with Crippen LogP contribution < -0.4 is 5.32 Å². The summed E-state index contributed by atoms with van der Waals surface area (Å²) >= 11 is 0. The molecular formula is C12H14FNO2. The molecule has 1 aromatic carbocycles. The van der Waals surface area contributed by atoms with Gasteiger partial charge in [-0.3, -0.25) is 0 Å². The molecule has 0 bridgehead atoms. The minimum absolute atomic E-state index is 0.303. The van der Waals surface area contributed by atoms with Crippen molar-refractivity contribution in [2.75, 3.05) is 11.9 Å². The van der Waals surface area contributed by atoms with Gasteiger partial charge in [-0.1, -0.05) is 0 Å². The van der Waals surface area contributed by atoms with E-state index >= 15 is 0 Å². The lowest BCUT2D eigenvalue weighted by Crippen LogP contribution is -2.05. The lowest BCUT2D eigenvalue weighted by molar-refractivity contribution is -0.131. The highest BCUT2D eigenvalue weighted by molar-refractivity contribution is 5.80. The fourth-order valence-electron chi connectivity index (χ4n) is 1.34. The molecule has 0 unspecified atom stereocenters. The van der Waals surface area contributed by atoms with Gasteiger partial charge < -0.3 is 10.4 Å². The molecule has 3 nitrogen and oxygen atoms in total. The van der Waals surface area contributed by atoms with Crippen LogP contribution in [-0.2, 0) is 4.79 Å². The maximum Gasteiger partial charge on any atom is 0.328 e. The molecule has 16 heavy (non-hydrogen) atoms. The number of benzene rings is 1. The number of hydrogen-bond donors (Lipinski definition) is 2. The van der Waals surface area contributed by atoms with E-state index in [9.17, 15) is 9.18 Å². The van der Waals surface area contributed by atoms with Crippen LogP contribution in [0, 0.1) is 12.7 Å². The summed E-state index contributed by atoms with van der Waals surface area (Å²) in [6, 6.07) is 4.61. The van der Waals surface area contributed by atoms with Crippen molar-refractivity contribution in [2.24, 2.45) is 0 Å². The monoisotopic (exact) mass is 223 g/mol. The van der Waals surface area contributed by atoms with Crippen molar-refractivity contribution in [1.82, 2.24) is 0 Å². The molecule has 0 atom stereocenters. The van der Waals surface area contributed by atoms with Gasteiger partial charge in [-0.2, -0.15) is 0 Å². The Morgan fingerprint density at radius 1 is 1.50 bits per heavy atom. The maximum atomic E-state index is 13.0. The van der Waals surface area contributed by atoms with Gasteiger partial charge in [-0.25, -0.2) is 9.18 Å². The Labute approximate surface area is 93.6 Å². The topological polar surface area (TPSA) is 49.3 Å². The van der Waals surface area contributed by atoms with Gasteiger partial charge in [0.1, 0.15) is 5.82 Å². The molecule has 86 valence electrons. The second-order valence-corrected chi connectivity index (χ2v) is 3.70. The van der Waals surface area contributed by atoms with E-state index in [0.29, 0.717) is 17.8 Å². The van der Waals surface area contributed by atoms with E-state index in [1.54, 1.807) is 19.9 Å². The fraction of sp³-hybridized carbons (Fsp3) is 0.250. The number of carboxylic acids is 1. The van der Waals surface area contributed by atoms with Crippen LogP contribution in [0.4, 0.5) is 10.1 Å². The second-order valence-electron chi connectivity index (χ2n) is 3.70. The molecule has 0 heterocycles. The highest BCUT2D eigenvalue weighted by atomic mass is 19.1. The third kappa shape index (κ3) is 4.13. The minimum atomic E-state index is -0.977. The van der Waals surface area contributed by atoms with Crippen molar-refractivity contribution in [3.63, 3.8) is 0 Å². The molecule has 0 saturated carbocycles. The summed E-state index contributed by atoms with van der Waals surface area (Å²) in [4.78, 5) is 10.4. The number of halogens is 1. The Hall–Kier alpha value is -1.84. The average molecular weight is 223 g/mol. The molecule has 2 N–H and O–H groups in total. The van der Waals surface area contributed by atoms with E-state index in [-0.39, 0.29) is 5.82 Å². The first-order valence-electron chi connectivity index (χ1n) is 4.88. The number of carboxylic acid groups (broad SMARTS) is 1. The molecule has 0 amide bonds. The van der Waals surface area contributed by atoms with Crippen LogP contribution in [0.15, 0.2) is 29.8 Å². The Morgan fingerprint density at radius 3 is 2.75 bits per heavy atom. The Kier molecular flexibility index (Phi) is 4.05. The molecule has 0 spiro atoms. The molecule has 0 fully saturated rings. The molecule has 0 radical (unpaired) electrons. The Bertz CT molecular complexity index is 407. The van der Waals surface area contributed by atoms with E-state index in [1.165, 1.54) is 12.1 Å². The van der Waals surface area contributed by atoms with Gasteiger partial charge >= 0.3 is 5.97 Å². The van der Waals surface area contributed by atoms with Gasteiger partial charge in [-0.05, 0) is 43.2 Å². The van der Waals surface area contributed by atoms with Gasteiger partial charge in [0, 0.05) is 18.3 Å². The summed E-state index contributed by atoms with van der Waals surface area (Å²) in [5.41, 5.74) is 2.15. The summed E-state index contributed by atoms with van der Waals surface area (Å²) in [5.74, 6) is -1.28. The Balaban J connectivity index is 2.64. The van der Waals surface area contributed by atoms with Crippen LogP contribution in [0.25, 0.3) is 0 Å². The SMILES string of the molecule is C/C(=C/C(=O)O)CNc1cc(C)cc(F)c1. The van der Waals surface area contributed by atoms with Crippen LogP contribution in [0.2, 0.25) is 0 Å². The predicted octanol–water partition coefficient (Wildman–Crippen LogP) is 2.58. The van der Waals surface area contributed by atoms with Crippen LogP contribution in [0.1, 0.15) is 12.5 Å². The van der Waals surface area contributed by atoms with Crippen molar-refractivity contribution in [3.05, 3.63) is 41.2 Å². The standard InChI is InChI=1S/C12H14FNO2/c1-8-3-10(13)6-11(4-8)14-7-9(2)5-12(15)16/h3-6,14H,7H2,1-2H3,(H,15,16)/b9-5-. The van der Waals surface area contributed by atoms with Gasteiger partial charge in [0.15, 0.2) is 0 Å². The van der Waals surface area contributed by atoms with E-state index in [0.717, 1.165) is 11.6 Å². The first-order chi connectivity index (χ1) is 7.47. The van der Waals surface area contributed by atoms with Crippen molar-refractivity contribution >= 4 is 11.7 Å². The van der Waals surface area contributed by atoms with Gasteiger partial charge in [-0.15, -0.1) is 0 Å². The smallest absolute Gasteiger partial charge is 0.328 e. The summed E-state index contributed by atoms with van der Waals surface area (Å²) < 4.78 is 13.0. The number of rotatable bonds is 4. The first-order valence-corrected chi connectivity index (χ1v) is 4.88. The molecule has 0 aliphatic rings. The normalized spacial score (nSPS) is 11.3. The molecule has 0 aliphatic heterocycles. The molecule has 0 aliphatic carbocycles. The minimum Gasteiger partial charge on any atom is -0.478 e. The van der Waals surface area contributed by atoms with Crippen LogP contribution in [-0.4, -0.2) is 17.6 Å². The first kappa shape index (κ1) is 12.2. The van der Waals surface area contributed by atoms with Crippen LogP contribution in [0.5, 0.6) is 0 Å². The highest BCUT2D eigenvalue weighted by Gasteiger charge is 1.99. The summed E-state index contributed by atoms with van der Waals surface area (Å²) in [6.45, 7) is 3.89. The van der Waals surface area contributed by atoms with Gasteiger partial charge in [0.05, 0.1) is 0 Å². The largest absolute Gasteiger partial charge is 0.478 e. The summed E-state index contributed by atoms with van der Waals surface area (Å²) in [7, 11) is 0. The lowest BCUT2D eigenvalue weighted by atomic mass is 10.2. The molecule has 0 saturated heterocycles. The fourth-order valence-corrected chi connectivity index (χ4v) is 1.34. The van der Waals surface area contributed by atoms with Gasteiger partial charge in [0.2, 0.25) is 0 Å². The molecule has 1 aromatic rings. The number of aryl methyl sites for hydroxylation is 1. The zero-order valence-electron chi connectivity index (χ0n) is 9.25.